The standard InChI is InChI=1S/C21H19N3O14S4/c22-9-5-13-16(40(30,31)32)7-14(21(26)19(13)18(6-9)42(36,37)38)23-24-20-12-4-2-10(39(27,28)29)1-3-11(12)17(8-15(20)25)41(33,34)35/h1-8,10,23-26H,22H2,(H,27,28,29)(H,30,31,32)(H,33,34,35)(H,36,37,38). The fraction of sp³-hybridized carbons (Fsp3) is 0.0476. The second-order valence-corrected chi connectivity index (χ2v) is 14.4. The number of nitrogens with one attached hydrogen (secondary N) is 2. The number of hydrogen-bond donors (Lipinski definition) is 9. The fourth-order valence-electron chi connectivity index (χ4n) is 4.14. The van der Waals surface area contributed by atoms with Crippen molar-refractivity contribution in [3.8, 4) is 11.5 Å². The van der Waals surface area contributed by atoms with E-state index < -0.39 is 94.1 Å². The fourth-order valence-corrected chi connectivity index (χ4v) is 6.87. The highest BCUT2D eigenvalue weighted by Crippen LogP contribution is 2.43. The Labute approximate surface area is 237 Å². The van der Waals surface area contributed by atoms with Crippen molar-refractivity contribution in [2.75, 3.05) is 16.6 Å². The van der Waals surface area contributed by atoms with E-state index in [1.54, 1.807) is 0 Å². The van der Waals surface area contributed by atoms with E-state index in [1.165, 1.54) is 0 Å². The van der Waals surface area contributed by atoms with Crippen molar-refractivity contribution < 1.29 is 62.1 Å². The molecule has 17 nitrogen and oxygen atoms in total. The normalized spacial score (nSPS) is 15.8. The Balaban J connectivity index is 1.96. The average Bonchev–Trinajstić information content (AvgIpc) is 3.05. The van der Waals surface area contributed by atoms with Crippen LogP contribution in [0, 0.1) is 0 Å². The topological polar surface area (TPSA) is 308 Å². The number of hydrogen-bond acceptors (Lipinski definition) is 13. The molecule has 1 atom stereocenters. The lowest BCUT2D eigenvalue weighted by Crippen LogP contribution is -2.14. The summed E-state index contributed by atoms with van der Waals surface area (Å²) in [5.74, 6) is -1.92. The molecule has 0 amide bonds. The number of phenolic OH excluding ortho intramolecular Hbond substituents is 2. The number of aromatic hydroxyl groups is 2. The van der Waals surface area contributed by atoms with Gasteiger partial charge in [0.25, 0.3) is 40.5 Å². The van der Waals surface area contributed by atoms with Crippen LogP contribution in [0.25, 0.3) is 22.9 Å². The van der Waals surface area contributed by atoms with E-state index in [2.05, 4.69) is 10.9 Å². The van der Waals surface area contributed by atoms with Crippen molar-refractivity contribution in [1.82, 2.24) is 0 Å². The van der Waals surface area contributed by atoms with E-state index in [9.17, 15) is 62.1 Å². The molecule has 0 spiro atoms. The summed E-state index contributed by atoms with van der Waals surface area (Å²) in [6.45, 7) is 0. The molecule has 0 saturated carbocycles. The maximum atomic E-state index is 12.2. The summed E-state index contributed by atoms with van der Waals surface area (Å²) in [6.07, 6.45) is 3.63. The van der Waals surface area contributed by atoms with Crippen LogP contribution in [-0.4, -0.2) is 67.3 Å². The Kier molecular flexibility index (Phi) is 7.45. The molecule has 10 N–H and O–H groups in total. The van der Waals surface area contributed by atoms with Gasteiger partial charge in [-0.05, 0) is 18.2 Å². The van der Waals surface area contributed by atoms with Crippen molar-refractivity contribution in [3.05, 3.63) is 47.5 Å². The Hall–Kier alpha value is -3.96. The van der Waals surface area contributed by atoms with Crippen molar-refractivity contribution >= 4 is 80.5 Å². The molecule has 3 aromatic rings. The molecule has 1 aliphatic carbocycles. The molecule has 4 rings (SSSR count). The van der Waals surface area contributed by atoms with Gasteiger partial charge in [0, 0.05) is 33.7 Å². The third kappa shape index (κ3) is 5.84. The Morgan fingerprint density at radius 2 is 1.21 bits per heavy atom. The number of nitrogen functional groups attached to an aromatic ring is 1. The summed E-state index contributed by atoms with van der Waals surface area (Å²) in [4.78, 5) is -2.91. The van der Waals surface area contributed by atoms with Gasteiger partial charge in [-0.3, -0.25) is 29.1 Å². The highest BCUT2D eigenvalue weighted by molar-refractivity contribution is 7.87. The molecule has 1 aliphatic rings. The molecule has 42 heavy (non-hydrogen) atoms. The van der Waals surface area contributed by atoms with Crippen LogP contribution in [0.5, 0.6) is 11.5 Å². The van der Waals surface area contributed by atoms with Crippen molar-refractivity contribution in [2.45, 2.75) is 19.9 Å². The van der Waals surface area contributed by atoms with Gasteiger partial charge in [-0.15, -0.1) is 0 Å². The summed E-state index contributed by atoms with van der Waals surface area (Å²) in [5.41, 5.74) is 8.00. The highest BCUT2D eigenvalue weighted by Gasteiger charge is 2.28. The first kappa shape index (κ1) is 31.0. The second kappa shape index (κ2) is 10.1. The molecule has 0 bridgehead atoms. The van der Waals surface area contributed by atoms with Gasteiger partial charge >= 0.3 is 0 Å². The minimum absolute atomic E-state index is 0.306. The van der Waals surface area contributed by atoms with Gasteiger partial charge in [0.15, 0.2) is 0 Å². The number of rotatable bonds is 7. The Morgan fingerprint density at radius 1 is 0.667 bits per heavy atom. The maximum absolute atomic E-state index is 12.2. The molecule has 3 aromatic carbocycles. The van der Waals surface area contributed by atoms with Gasteiger partial charge in [0.2, 0.25) is 0 Å². The molecule has 0 radical (unpaired) electrons. The van der Waals surface area contributed by atoms with Crippen molar-refractivity contribution in [1.29, 1.82) is 0 Å². The summed E-state index contributed by atoms with van der Waals surface area (Å²) in [7, 11) is -20.1. The predicted octanol–water partition coefficient (Wildman–Crippen LogP) is 1.31. The predicted molar refractivity (Wildman–Crippen MR) is 148 cm³/mol. The lowest BCUT2D eigenvalue weighted by Gasteiger charge is -2.19. The molecule has 0 aliphatic heterocycles. The first-order chi connectivity index (χ1) is 19.1. The van der Waals surface area contributed by atoms with Crippen LogP contribution < -0.4 is 16.6 Å². The summed E-state index contributed by atoms with van der Waals surface area (Å²) >= 11 is 0. The molecule has 1 unspecified atom stereocenters. The largest absolute Gasteiger partial charge is 0.506 e. The SMILES string of the molecule is Nc1cc(S(=O)(=O)O)c2c(O)c(NNc3c(O)cc(S(=O)(=O)O)c4c3C=CC(S(=O)(=O)O)C=C4)cc(S(=O)(=O)O)c2c1. The van der Waals surface area contributed by atoms with Crippen LogP contribution in [0.15, 0.2) is 51.1 Å². The first-order valence-electron chi connectivity index (χ1n) is 10.9. The zero-order valence-corrected chi connectivity index (χ0v) is 23.6. The zero-order valence-electron chi connectivity index (χ0n) is 20.4. The Bertz CT molecular complexity index is 2170. The van der Waals surface area contributed by atoms with Crippen LogP contribution >= 0.6 is 0 Å². The van der Waals surface area contributed by atoms with E-state index in [0.29, 0.717) is 18.2 Å². The monoisotopic (exact) mass is 665 g/mol. The lowest BCUT2D eigenvalue weighted by molar-refractivity contribution is 0.467. The summed E-state index contributed by atoms with van der Waals surface area (Å²) in [5, 5.41) is 18.4. The van der Waals surface area contributed by atoms with Crippen LogP contribution in [0.1, 0.15) is 11.1 Å². The minimum atomic E-state index is -5.16. The van der Waals surface area contributed by atoms with Crippen molar-refractivity contribution in [2.24, 2.45) is 0 Å². The van der Waals surface area contributed by atoms with Gasteiger partial charge < -0.3 is 15.9 Å². The average molecular weight is 666 g/mol. The number of phenols is 2. The van der Waals surface area contributed by atoms with Crippen molar-refractivity contribution in [3.63, 3.8) is 0 Å². The molecule has 226 valence electrons. The Morgan fingerprint density at radius 3 is 1.74 bits per heavy atom. The number of nitrogens with two attached hydrogens (primary N) is 1. The molecule has 21 heteroatoms. The molecule has 0 fully saturated rings. The van der Waals surface area contributed by atoms with Gasteiger partial charge in [-0.2, -0.15) is 33.7 Å². The molecular weight excluding hydrogens is 647 g/mol. The van der Waals surface area contributed by atoms with Crippen LogP contribution in [-0.2, 0) is 40.5 Å². The van der Waals surface area contributed by atoms with Crippen LogP contribution in [0.4, 0.5) is 17.1 Å². The lowest BCUT2D eigenvalue weighted by atomic mass is 10.0. The quantitative estimate of drug-likeness (QED) is 0.0743. The van der Waals surface area contributed by atoms with Crippen LogP contribution in [0.2, 0.25) is 0 Å². The number of anilines is 3. The second-order valence-electron chi connectivity index (χ2n) is 8.68. The maximum Gasteiger partial charge on any atom is 0.295 e. The third-order valence-electron chi connectivity index (χ3n) is 5.91. The molecule has 0 heterocycles. The smallest absolute Gasteiger partial charge is 0.295 e. The highest BCUT2D eigenvalue weighted by atomic mass is 32.2. The molecular formula is C21H19N3O14S4. The van der Waals surface area contributed by atoms with Gasteiger partial charge in [0.1, 0.15) is 37.1 Å². The van der Waals surface area contributed by atoms with Gasteiger partial charge in [-0.1, -0.05) is 24.3 Å². The van der Waals surface area contributed by atoms with E-state index in [-0.39, 0.29) is 16.8 Å². The van der Waals surface area contributed by atoms with E-state index in [4.69, 9.17) is 5.73 Å². The molecule has 0 saturated heterocycles. The van der Waals surface area contributed by atoms with Crippen LogP contribution in [0.3, 0.4) is 0 Å². The summed E-state index contributed by atoms with van der Waals surface area (Å²) in [6, 6.07) is 2.78. The number of fused-ring (bicyclic) bond motifs is 2. The third-order valence-corrected chi connectivity index (χ3v) is 9.58. The van der Waals surface area contributed by atoms with E-state index >= 15 is 0 Å². The zero-order chi connectivity index (χ0) is 31.6. The van der Waals surface area contributed by atoms with E-state index in [0.717, 1.165) is 30.4 Å². The van der Waals surface area contributed by atoms with Gasteiger partial charge in [-0.25, -0.2) is 0 Å². The van der Waals surface area contributed by atoms with E-state index in [1.807, 2.05) is 0 Å². The summed E-state index contributed by atoms with van der Waals surface area (Å²) < 4.78 is 134. The van der Waals surface area contributed by atoms with Gasteiger partial charge in [0.05, 0.1) is 5.69 Å². The first-order valence-corrected chi connectivity index (χ1v) is 16.7. The minimum Gasteiger partial charge on any atom is -0.506 e. The molecule has 0 aromatic heterocycles. The number of benzene rings is 3. The number of hydrazine groups is 1.